The lowest BCUT2D eigenvalue weighted by Gasteiger charge is -2.20. The lowest BCUT2D eigenvalue weighted by molar-refractivity contribution is 0.560. The molecule has 0 spiro atoms. The fourth-order valence-corrected chi connectivity index (χ4v) is 1.88. The molecule has 0 aliphatic carbocycles. The number of benzene rings is 1. The van der Waals surface area contributed by atoms with E-state index < -0.39 is 0 Å². The van der Waals surface area contributed by atoms with Crippen LogP contribution >= 0.6 is 39.1 Å². The Morgan fingerprint density at radius 2 is 1.73 bits per heavy atom. The summed E-state index contributed by atoms with van der Waals surface area (Å²) in [7, 11) is 0. The molecule has 0 aliphatic rings. The molecule has 84 valence electrons. The number of nitrogens with one attached hydrogen (secondary N) is 1. The summed E-state index contributed by atoms with van der Waals surface area (Å²) in [5, 5.41) is 4.46. The molecule has 4 heteroatoms. The zero-order valence-corrected chi connectivity index (χ0v) is 12.0. The predicted molar refractivity (Wildman–Crippen MR) is 72.1 cm³/mol. The Hall–Kier alpha value is 0.0800. The molecule has 0 saturated heterocycles. The van der Waals surface area contributed by atoms with Crippen molar-refractivity contribution in [1.29, 1.82) is 0 Å². The second-order valence-electron chi connectivity index (χ2n) is 3.90. The maximum absolute atomic E-state index is 6.12. The maximum Gasteiger partial charge on any atom is 0.0835 e. The van der Waals surface area contributed by atoms with E-state index in [1.54, 1.807) is 0 Å². The summed E-state index contributed by atoms with van der Waals surface area (Å²) >= 11 is 15.5. The first-order valence-corrected chi connectivity index (χ1v) is 6.38. The molecule has 1 nitrogen and oxygen atoms in total. The maximum atomic E-state index is 6.12. The van der Waals surface area contributed by atoms with Crippen LogP contribution in [0.2, 0.25) is 10.0 Å². The van der Waals surface area contributed by atoms with Crippen molar-refractivity contribution in [3.05, 3.63) is 26.7 Å². The molecule has 0 heterocycles. The van der Waals surface area contributed by atoms with E-state index >= 15 is 0 Å². The van der Waals surface area contributed by atoms with E-state index in [4.69, 9.17) is 23.2 Å². The Morgan fingerprint density at radius 1 is 1.13 bits per heavy atom. The van der Waals surface area contributed by atoms with Crippen molar-refractivity contribution >= 4 is 44.8 Å². The van der Waals surface area contributed by atoms with Crippen LogP contribution in [0.15, 0.2) is 16.6 Å². The lowest BCUT2D eigenvalue weighted by atomic mass is 10.1. The number of anilines is 1. The topological polar surface area (TPSA) is 12.0 Å². The Morgan fingerprint density at radius 3 is 2.27 bits per heavy atom. The van der Waals surface area contributed by atoms with Crippen molar-refractivity contribution in [1.82, 2.24) is 0 Å². The number of halogens is 3. The fraction of sp³-hybridized carbons (Fsp3) is 0.455. The van der Waals surface area contributed by atoms with Crippen molar-refractivity contribution in [3.63, 3.8) is 0 Å². The number of hydrogen-bond acceptors (Lipinski definition) is 1. The third-order valence-electron chi connectivity index (χ3n) is 2.42. The minimum atomic E-state index is 0.361. The molecule has 1 unspecified atom stereocenters. The molecule has 1 aromatic rings. The van der Waals surface area contributed by atoms with Gasteiger partial charge in [0.2, 0.25) is 0 Å². The zero-order chi connectivity index (χ0) is 11.6. The van der Waals surface area contributed by atoms with Crippen molar-refractivity contribution in [2.24, 2.45) is 5.92 Å². The molecule has 1 N–H and O–H groups in total. The Kier molecular flexibility index (Phi) is 4.75. The Labute approximate surface area is 109 Å². The molecule has 0 radical (unpaired) electrons. The predicted octanol–water partition coefficient (Wildman–Crippen LogP) is 5.21. The van der Waals surface area contributed by atoms with Gasteiger partial charge in [0.15, 0.2) is 0 Å². The van der Waals surface area contributed by atoms with E-state index in [0.29, 0.717) is 22.0 Å². The van der Waals surface area contributed by atoms with Gasteiger partial charge in [-0.15, -0.1) is 0 Å². The summed E-state index contributed by atoms with van der Waals surface area (Å²) < 4.78 is 0.817. The molecule has 0 bridgehead atoms. The van der Waals surface area contributed by atoms with Crippen LogP contribution in [0.4, 0.5) is 5.69 Å². The van der Waals surface area contributed by atoms with Crippen molar-refractivity contribution < 1.29 is 0 Å². The van der Waals surface area contributed by atoms with Gasteiger partial charge in [-0.25, -0.2) is 0 Å². The van der Waals surface area contributed by atoms with E-state index in [0.717, 1.165) is 10.2 Å². The van der Waals surface area contributed by atoms with Crippen LogP contribution in [-0.4, -0.2) is 6.04 Å². The minimum absolute atomic E-state index is 0.361. The summed E-state index contributed by atoms with van der Waals surface area (Å²) in [6.07, 6.45) is 0. The smallest absolute Gasteiger partial charge is 0.0835 e. The van der Waals surface area contributed by atoms with Gasteiger partial charge in [-0.05, 0) is 40.9 Å². The molecule has 0 aliphatic heterocycles. The monoisotopic (exact) mass is 309 g/mol. The highest BCUT2D eigenvalue weighted by Crippen LogP contribution is 2.36. The van der Waals surface area contributed by atoms with Gasteiger partial charge >= 0.3 is 0 Å². The molecule has 0 aromatic heterocycles. The Bertz CT molecular complexity index is 353. The highest BCUT2D eigenvalue weighted by atomic mass is 79.9. The van der Waals surface area contributed by atoms with Gasteiger partial charge in [0.1, 0.15) is 0 Å². The molecule has 1 atom stereocenters. The molecule has 0 fully saturated rings. The first-order valence-electron chi connectivity index (χ1n) is 4.83. The average Bonchev–Trinajstić information content (AvgIpc) is 2.18. The second-order valence-corrected chi connectivity index (χ2v) is 5.51. The van der Waals surface area contributed by atoms with E-state index in [1.165, 1.54) is 0 Å². The van der Waals surface area contributed by atoms with Crippen molar-refractivity contribution in [3.8, 4) is 0 Å². The minimum Gasteiger partial charge on any atom is -0.381 e. The molecular formula is C11H14BrCl2N. The summed E-state index contributed by atoms with van der Waals surface area (Å²) in [6, 6.07) is 4.18. The zero-order valence-electron chi connectivity index (χ0n) is 8.94. The van der Waals surface area contributed by atoms with Crippen LogP contribution in [0.25, 0.3) is 0 Å². The van der Waals surface area contributed by atoms with Crippen molar-refractivity contribution in [2.75, 3.05) is 5.32 Å². The number of rotatable bonds is 3. The van der Waals surface area contributed by atoms with Gasteiger partial charge in [-0.2, -0.15) is 0 Å². The third-order valence-corrected chi connectivity index (χ3v) is 4.19. The highest BCUT2D eigenvalue weighted by Gasteiger charge is 2.12. The molecule has 0 saturated carbocycles. The lowest BCUT2D eigenvalue weighted by Crippen LogP contribution is -2.21. The molecule has 1 rings (SSSR count). The summed E-state index contributed by atoms with van der Waals surface area (Å²) in [6.45, 7) is 6.44. The average molecular weight is 311 g/mol. The highest BCUT2D eigenvalue weighted by molar-refractivity contribution is 9.10. The van der Waals surface area contributed by atoms with Crippen molar-refractivity contribution in [2.45, 2.75) is 26.8 Å². The van der Waals surface area contributed by atoms with Gasteiger partial charge in [-0.3, -0.25) is 0 Å². The normalized spacial score (nSPS) is 13.0. The van der Waals surface area contributed by atoms with Crippen LogP contribution in [0.1, 0.15) is 20.8 Å². The third kappa shape index (κ3) is 3.27. The number of hydrogen-bond donors (Lipinski definition) is 1. The van der Waals surface area contributed by atoms with E-state index in [-0.39, 0.29) is 0 Å². The second kappa shape index (κ2) is 5.42. The van der Waals surface area contributed by atoms with Gasteiger partial charge in [0.05, 0.1) is 15.7 Å². The first kappa shape index (κ1) is 13.1. The summed E-state index contributed by atoms with van der Waals surface area (Å²) in [5.74, 6) is 0.545. The SMILES string of the molecule is CC(C)C(C)Nc1ccc(Br)c(Cl)c1Cl. The van der Waals surface area contributed by atoms with E-state index in [9.17, 15) is 0 Å². The standard InChI is InChI=1S/C11H14BrCl2N/c1-6(2)7(3)15-9-5-4-8(12)10(13)11(9)14/h4-7,15H,1-3H3. The van der Waals surface area contributed by atoms with Gasteiger partial charge < -0.3 is 5.32 Å². The molecular weight excluding hydrogens is 297 g/mol. The van der Waals surface area contributed by atoms with Crippen LogP contribution < -0.4 is 5.32 Å². The molecule has 15 heavy (non-hydrogen) atoms. The van der Waals surface area contributed by atoms with Crippen LogP contribution in [-0.2, 0) is 0 Å². The van der Waals surface area contributed by atoms with Crippen LogP contribution in [0, 0.1) is 5.92 Å². The summed E-state index contributed by atoms with van der Waals surface area (Å²) in [5.41, 5.74) is 0.881. The largest absolute Gasteiger partial charge is 0.381 e. The van der Waals surface area contributed by atoms with Gasteiger partial charge in [0, 0.05) is 10.5 Å². The summed E-state index contributed by atoms with van der Waals surface area (Å²) in [4.78, 5) is 0. The van der Waals surface area contributed by atoms with Crippen LogP contribution in [0.3, 0.4) is 0 Å². The quantitative estimate of drug-likeness (QED) is 0.755. The van der Waals surface area contributed by atoms with E-state index in [1.807, 2.05) is 12.1 Å². The first-order chi connectivity index (χ1) is 6.93. The van der Waals surface area contributed by atoms with Crippen LogP contribution in [0.5, 0.6) is 0 Å². The van der Waals surface area contributed by atoms with E-state index in [2.05, 4.69) is 42.0 Å². The van der Waals surface area contributed by atoms with Gasteiger partial charge in [-0.1, -0.05) is 37.0 Å². The Balaban J connectivity index is 2.92. The van der Waals surface area contributed by atoms with Gasteiger partial charge in [0.25, 0.3) is 0 Å². The fourth-order valence-electron chi connectivity index (χ4n) is 1.05. The molecule has 0 amide bonds. The molecule has 1 aromatic carbocycles.